The zero-order valence-corrected chi connectivity index (χ0v) is 11.6. The van der Waals surface area contributed by atoms with Crippen molar-refractivity contribution < 1.29 is 9.53 Å². The molecule has 3 N–H and O–H groups in total. The van der Waals surface area contributed by atoms with Gasteiger partial charge in [0.1, 0.15) is 6.04 Å². The molecule has 0 aliphatic carbocycles. The molecular weight excluding hydrogens is 266 g/mol. The van der Waals surface area contributed by atoms with Crippen molar-refractivity contribution in [3.05, 3.63) is 23.2 Å². The Labute approximate surface area is 117 Å². The zero-order valence-electron chi connectivity index (χ0n) is 10.9. The van der Waals surface area contributed by atoms with Crippen molar-refractivity contribution in [2.24, 2.45) is 0 Å². The number of amides is 1. The number of para-hydroxylation sites is 1. The van der Waals surface area contributed by atoms with Crippen molar-refractivity contribution in [1.82, 2.24) is 5.32 Å². The molecule has 0 spiro atoms. The number of hydrogen-bond donors (Lipinski definition) is 2. The van der Waals surface area contributed by atoms with Gasteiger partial charge in [0.05, 0.1) is 29.6 Å². The highest BCUT2D eigenvalue weighted by Crippen LogP contribution is 2.34. The number of likely N-dealkylation sites (N-methyl/N-ethyl adjacent to an activating group) is 1. The van der Waals surface area contributed by atoms with Gasteiger partial charge in [0.25, 0.3) is 0 Å². The fraction of sp³-hybridized carbons (Fsp3) is 0.462. The topological polar surface area (TPSA) is 67.6 Å². The van der Waals surface area contributed by atoms with Crippen LogP contribution in [0.15, 0.2) is 18.2 Å². The van der Waals surface area contributed by atoms with Crippen LogP contribution in [0, 0.1) is 0 Å². The lowest BCUT2D eigenvalue weighted by atomic mass is 10.1. The van der Waals surface area contributed by atoms with Crippen molar-refractivity contribution in [1.29, 1.82) is 0 Å². The summed E-state index contributed by atoms with van der Waals surface area (Å²) in [6, 6.07) is 4.96. The molecule has 0 radical (unpaired) electrons. The first-order valence-electron chi connectivity index (χ1n) is 6.31. The van der Waals surface area contributed by atoms with Gasteiger partial charge in [-0.15, -0.1) is 0 Å². The van der Waals surface area contributed by atoms with E-state index in [4.69, 9.17) is 22.1 Å². The van der Waals surface area contributed by atoms with E-state index in [2.05, 4.69) is 5.32 Å². The molecule has 1 aromatic rings. The van der Waals surface area contributed by atoms with Gasteiger partial charge in [-0.2, -0.15) is 0 Å². The predicted molar refractivity (Wildman–Crippen MR) is 76.5 cm³/mol. The van der Waals surface area contributed by atoms with Gasteiger partial charge >= 0.3 is 0 Å². The first kappa shape index (κ1) is 14.0. The number of nitrogen functional groups attached to an aromatic ring is 1. The number of nitrogens with zero attached hydrogens (tertiary/aromatic N) is 1. The van der Waals surface area contributed by atoms with Crippen molar-refractivity contribution in [3.8, 4) is 0 Å². The number of ether oxygens (including phenoxy) is 1. The van der Waals surface area contributed by atoms with Gasteiger partial charge in [0.2, 0.25) is 5.91 Å². The van der Waals surface area contributed by atoms with Crippen molar-refractivity contribution >= 4 is 28.9 Å². The fourth-order valence-corrected chi connectivity index (χ4v) is 2.51. The average molecular weight is 284 g/mol. The molecule has 1 unspecified atom stereocenters. The monoisotopic (exact) mass is 283 g/mol. The minimum atomic E-state index is -0.393. The van der Waals surface area contributed by atoms with E-state index in [-0.39, 0.29) is 5.91 Å². The van der Waals surface area contributed by atoms with Crippen LogP contribution in [-0.4, -0.2) is 38.3 Å². The minimum Gasteiger partial charge on any atom is -0.397 e. The number of halogens is 1. The van der Waals surface area contributed by atoms with Gasteiger partial charge < -0.3 is 20.7 Å². The van der Waals surface area contributed by atoms with Crippen LogP contribution in [0.25, 0.3) is 0 Å². The normalized spacial score (nSPS) is 19.3. The highest BCUT2D eigenvalue weighted by atomic mass is 35.5. The van der Waals surface area contributed by atoms with Crippen LogP contribution < -0.4 is 16.0 Å². The van der Waals surface area contributed by atoms with Gasteiger partial charge in [-0.1, -0.05) is 17.7 Å². The average Bonchev–Trinajstić information content (AvgIpc) is 2.39. The predicted octanol–water partition coefficient (Wildman–Crippen LogP) is 1.26. The highest BCUT2D eigenvalue weighted by Gasteiger charge is 2.31. The molecule has 1 atom stereocenters. The smallest absolute Gasteiger partial charge is 0.245 e. The van der Waals surface area contributed by atoms with E-state index in [0.717, 1.165) is 0 Å². The van der Waals surface area contributed by atoms with Crippen LogP contribution in [0.2, 0.25) is 5.02 Å². The first-order chi connectivity index (χ1) is 9.15. The van der Waals surface area contributed by atoms with E-state index < -0.39 is 6.04 Å². The number of anilines is 2. The maximum absolute atomic E-state index is 12.1. The SMILES string of the molecule is CCNC(=O)C1COCCN1c1c(N)cccc1Cl. The third kappa shape index (κ3) is 2.93. The Hall–Kier alpha value is -1.46. The maximum Gasteiger partial charge on any atom is 0.245 e. The second-order valence-corrected chi connectivity index (χ2v) is 4.76. The third-order valence-electron chi connectivity index (χ3n) is 3.09. The molecule has 104 valence electrons. The van der Waals surface area contributed by atoms with E-state index >= 15 is 0 Å². The van der Waals surface area contributed by atoms with Gasteiger partial charge in [-0.3, -0.25) is 4.79 Å². The molecule has 6 heteroatoms. The number of hydrogen-bond acceptors (Lipinski definition) is 4. The molecule has 1 heterocycles. The second-order valence-electron chi connectivity index (χ2n) is 4.36. The van der Waals surface area contributed by atoms with Crippen LogP contribution >= 0.6 is 11.6 Å². The van der Waals surface area contributed by atoms with Crippen LogP contribution in [0.4, 0.5) is 11.4 Å². The second kappa shape index (κ2) is 6.12. The Morgan fingerprint density at radius 1 is 1.63 bits per heavy atom. The lowest BCUT2D eigenvalue weighted by molar-refractivity contribution is -0.124. The molecule has 1 aromatic carbocycles. The van der Waals surface area contributed by atoms with E-state index in [1.165, 1.54) is 0 Å². The summed E-state index contributed by atoms with van der Waals surface area (Å²) in [4.78, 5) is 14.0. The Bertz CT molecular complexity index is 447. The summed E-state index contributed by atoms with van der Waals surface area (Å²) in [5.41, 5.74) is 7.27. The van der Waals surface area contributed by atoms with Crippen LogP contribution in [0.1, 0.15) is 6.92 Å². The van der Waals surface area contributed by atoms with Gasteiger partial charge in [-0.25, -0.2) is 0 Å². The molecule has 1 saturated heterocycles. The summed E-state index contributed by atoms with van der Waals surface area (Å²) >= 11 is 6.22. The molecule has 19 heavy (non-hydrogen) atoms. The summed E-state index contributed by atoms with van der Waals surface area (Å²) in [5, 5.41) is 3.36. The van der Waals surface area contributed by atoms with E-state index in [9.17, 15) is 4.79 Å². The molecule has 1 aliphatic heterocycles. The first-order valence-corrected chi connectivity index (χ1v) is 6.69. The van der Waals surface area contributed by atoms with Crippen LogP contribution in [0.3, 0.4) is 0 Å². The minimum absolute atomic E-state index is 0.0680. The number of carbonyl (C=O) groups is 1. The van der Waals surface area contributed by atoms with Crippen molar-refractivity contribution in [2.45, 2.75) is 13.0 Å². The molecule has 2 rings (SSSR count). The van der Waals surface area contributed by atoms with Crippen molar-refractivity contribution in [3.63, 3.8) is 0 Å². The van der Waals surface area contributed by atoms with Gasteiger partial charge in [0, 0.05) is 13.1 Å². The van der Waals surface area contributed by atoms with E-state index in [1.807, 2.05) is 11.8 Å². The molecule has 0 bridgehead atoms. The Morgan fingerprint density at radius 3 is 3.11 bits per heavy atom. The van der Waals surface area contributed by atoms with Crippen LogP contribution in [0.5, 0.6) is 0 Å². The molecule has 5 nitrogen and oxygen atoms in total. The molecule has 1 amide bonds. The summed E-state index contributed by atoms with van der Waals surface area (Å²) in [7, 11) is 0. The fourth-order valence-electron chi connectivity index (χ4n) is 2.22. The quantitative estimate of drug-likeness (QED) is 0.820. The third-order valence-corrected chi connectivity index (χ3v) is 3.39. The lowest BCUT2D eigenvalue weighted by Crippen LogP contribution is -2.54. The Balaban J connectivity index is 2.31. The Kier molecular flexibility index (Phi) is 4.50. The zero-order chi connectivity index (χ0) is 13.8. The molecular formula is C13H18ClN3O2. The van der Waals surface area contributed by atoms with Crippen LogP contribution in [-0.2, 0) is 9.53 Å². The molecule has 0 saturated carbocycles. The summed E-state index contributed by atoms with van der Waals surface area (Å²) in [5.74, 6) is -0.0680. The molecule has 1 aliphatic rings. The highest BCUT2D eigenvalue weighted by molar-refractivity contribution is 6.34. The van der Waals surface area contributed by atoms with E-state index in [1.54, 1.807) is 18.2 Å². The van der Waals surface area contributed by atoms with E-state index in [0.29, 0.717) is 42.7 Å². The molecule has 0 aromatic heterocycles. The summed E-state index contributed by atoms with van der Waals surface area (Å²) in [6.45, 7) is 3.96. The molecule has 1 fully saturated rings. The Morgan fingerprint density at radius 2 is 2.42 bits per heavy atom. The largest absolute Gasteiger partial charge is 0.397 e. The van der Waals surface area contributed by atoms with Gasteiger partial charge in [-0.05, 0) is 19.1 Å². The lowest BCUT2D eigenvalue weighted by Gasteiger charge is -2.37. The summed E-state index contributed by atoms with van der Waals surface area (Å²) < 4.78 is 5.39. The number of morpholine rings is 1. The number of rotatable bonds is 3. The van der Waals surface area contributed by atoms with Crippen molar-refractivity contribution in [2.75, 3.05) is 36.9 Å². The van der Waals surface area contributed by atoms with Gasteiger partial charge in [0.15, 0.2) is 0 Å². The number of nitrogens with two attached hydrogens (primary N) is 1. The number of carbonyl (C=O) groups excluding carboxylic acids is 1. The standard InChI is InChI=1S/C13H18ClN3O2/c1-2-16-13(18)11-8-19-7-6-17(11)12-9(14)4-3-5-10(12)15/h3-5,11H,2,6-8,15H2,1H3,(H,16,18). The number of nitrogens with one attached hydrogen (secondary N) is 1. The maximum atomic E-state index is 12.1. The summed E-state index contributed by atoms with van der Waals surface area (Å²) in [6.07, 6.45) is 0. The number of benzene rings is 1.